The SMILES string of the molecule is C=C(/C=C\C(=C)C(=C)/C(F)=C(/F)C(=C)OCCC)C(=C)/C=C(/F)C(=C)C(C)CCC(C)C. The first-order chi connectivity index (χ1) is 14.8. The van der Waals surface area contributed by atoms with Crippen molar-refractivity contribution in [1.29, 1.82) is 0 Å². The van der Waals surface area contributed by atoms with Crippen molar-refractivity contribution < 1.29 is 17.9 Å². The van der Waals surface area contributed by atoms with Crippen LogP contribution in [-0.2, 0) is 4.74 Å². The highest BCUT2D eigenvalue weighted by molar-refractivity contribution is 5.52. The van der Waals surface area contributed by atoms with Crippen LogP contribution < -0.4 is 0 Å². The summed E-state index contributed by atoms with van der Waals surface area (Å²) in [6.07, 6.45) is 6.63. The lowest BCUT2D eigenvalue weighted by molar-refractivity contribution is 0.208. The van der Waals surface area contributed by atoms with Gasteiger partial charge in [-0.25, -0.2) is 8.78 Å². The van der Waals surface area contributed by atoms with E-state index in [1.54, 1.807) is 0 Å². The van der Waals surface area contributed by atoms with Crippen molar-refractivity contribution >= 4 is 0 Å². The van der Waals surface area contributed by atoms with Gasteiger partial charge in [-0.05, 0) is 53.0 Å². The molecule has 0 aromatic rings. The molecule has 0 fully saturated rings. The zero-order valence-corrected chi connectivity index (χ0v) is 20.0. The van der Waals surface area contributed by atoms with E-state index in [1.807, 2.05) is 13.8 Å². The molecule has 0 aliphatic carbocycles. The minimum atomic E-state index is -1.23. The Morgan fingerprint density at radius 1 is 0.812 bits per heavy atom. The Morgan fingerprint density at radius 3 is 1.91 bits per heavy atom. The van der Waals surface area contributed by atoms with Crippen molar-refractivity contribution in [3.05, 3.63) is 109 Å². The van der Waals surface area contributed by atoms with Gasteiger partial charge in [0.05, 0.1) is 6.61 Å². The monoisotopic (exact) mass is 446 g/mol. The number of halogens is 3. The Morgan fingerprint density at radius 2 is 1.38 bits per heavy atom. The quantitative estimate of drug-likeness (QED) is 0.180. The third kappa shape index (κ3) is 10.0. The van der Waals surface area contributed by atoms with E-state index >= 15 is 0 Å². The standard InChI is InChI=1S/C28H37F3O/c1-11-16-32-25(10)28(31)27(30)24(9)21(6)15-14-19(4)22(7)17-26(29)23(8)20(5)13-12-18(2)3/h14-15,17-18,20H,4,6-13,16H2,1-3,5H3/b15-14-,26-17+,28-27-. The number of hydrogen-bond acceptors (Lipinski definition) is 1. The first-order valence-corrected chi connectivity index (χ1v) is 10.7. The predicted molar refractivity (Wildman–Crippen MR) is 132 cm³/mol. The molecule has 0 aliphatic heterocycles. The molecule has 0 saturated carbocycles. The highest BCUT2D eigenvalue weighted by Crippen LogP contribution is 2.28. The molecule has 0 heterocycles. The summed E-state index contributed by atoms with van der Waals surface area (Å²) in [6.45, 7) is 30.3. The zero-order valence-electron chi connectivity index (χ0n) is 20.0. The second-order valence-corrected chi connectivity index (χ2v) is 8.18. The molecule has 176 valence electrons. The van der Waals surface area contributed by atoms with Gasteiger partial charge >= 0.3 is 0 Å². The molecule has 0 spiro atoms. The van der Waals surface area contributed by atoms with E-state index < -0.39 is 23.2 Å². The van der Waals surface area contributed by atoms with Gasteiger partial charge in [0.2, 0.25) is 5.83 Å². The van der Waals surface area contributed by atoms with Gasteiger partial charge in [-0.3, -0.25) is 0 Å². The number of rotatable bonds is 15. The van der Waals surface area contributed by atoms with Crippen LogP contribution in [0.3, 0.4) is 0 Å². The van der Waals surface area contributed by atoms with Crippen LogP contribution in [0.2, 0.25) is 0 Å². The molecule has 4 heteroatoms. The molecular formula is C28H37F3O. The molecule has 1 atom stereocenters. The highest BCUT2D eigenvalue weighted by Gasteiger charge is 2.16. The Balaban J connectivity index is 5.14. The summed E-state index contributed by atoms with van der Waals surface area (Å²) in [5, 5.41) is 0. The second kappa shape index (κ2) is 14.3. The molecule has 0 N–H and O–H groups in total. The Bertz CT molecular complexity index is 850. The molecular weight excluding hydrogens is 409 g/mol. The van der Waals surface area contributed by atoms with E-state index in [9.17, 15) is 13.2 Å². The van der Waals surface area contributed by atoms with E-state index in [1.165, 1.54) is 18.2 Å². The summed E-state index contributed by atoms with van der Waals surface area (Å²) in [5.74, 6) is -2.74. The molecule has 0 aliphatic rings. The Labute approximate surface area is 192 Å². The zero-order chi connectivity index (χ0) is 25.0. The van der Waals surface area contributed by atoms with Gasteiger partial charge in [0.25, 0.3) is 0 Å². The van der Waals surface area contributed by atoms with Crippen molar-refractivity contribution in [2.75, 3.05) is 6.61 Å². The lowest BCUT2D eigenvalue weighted by Gasteiger charge is -2.15. The maximum atomic E-state index is 14.6. The van der Waals surface area contributed by atoms with Gasteiger partial charge in [0.1, 0.15) is 5.83 Å². The molecule has 32 heavy (non-hydrogen) atoms. The van der Waals surface area contributed by atoms with E-state index in [2.05, 4.69) is 53.3 Å². The fourth-order valence-electron chi connectivity index (χ4n) is 2.42. The van der Waals surface area contributed by atoms with E-state index in [0.29, 0.717) is 29.1 Å². The minimum Gasteiger partial charge on any atom is -0.491 e. The van der Waals surface area contributed by atoms with E-state index in [4.69, 9.17) is 4.74 Å². The van der Waals surface area contributed by atoms with Gasteiger partial charge in [0.15, 0.2) is 11.6 Å². The fraction of sp³-hybridized carbons (Fsp3) is 0.357. The largest absolute Gasteiger partial charge is 0.491 e. The smallest absolute Gasteiger partial charge is 0.200 e. The van der Waals surface area contributed by atoms with Crippen LogP contribution in [0.5, 0.6) is 0 Å². The number of ether oxygens (including phenoxy) is 1. The lowest BCUT2D eigenvalue weighted by atomic mass is 9.92. The maximum absolute atomic E-state index is 14.6. The summed E-state index contributed by atoms with van der Waals surface area (Å²) in [6, 6.07) is 0. The van der Waals surface area contributed by atoms with E-state index in [-0.39, 0.29) is 23.7 Å². The number of hydrogen-bond donors (Lipinski definition) is 0. The summed E-state index contributed by atoms with van der Waals surface area (Å²) >= 11 is 0. The van der Waals surface area contributed by atoms with Crippen LogP contribution in [0.25, 0.3) is 0 Å². The predicted octanol–water partition coefficient (Wildman–Crippen LogP) is 9.34. The van der Waals surface area contributed by atoms with Crippen LogP contribution in [0, 0.1) is 11.8 Å². The van der Waals surface area contributed by atoms with Crippen molar-refractivity contribution in [2.24, 2.45) is 11.8 Å². The highest BCUT2D eigenvalue weighted by atomic mass is 19.2. The number of allylic oxidation sites excluding steroid dienone is 11. The molecule has 1 unspecified atom stereocenters. The fourth-order valence-corrected chi connectivity index (χ4v) is 2.42. The first kappa shape index (κ1) is 29.2. The van der Waals surface area contributed by atoms with Crippen LogP contribution >= 0.6 is 0 Å². The topological polar surface area (TPSA) is 9.23 Å². The molecule has 0 aromatic carbocycles. The third-order valence-electron chi connectivity index (χ3n) is 4.85. The van der Waals surface area contributed by atoms with Crippen LogP contribution in [0.4, 0.5) is 13.2 Å². The lowest BCUT2D eigenvalue weighted by Crippen LogP contribution is -2.02. The minimum absolute atomic E-state index is 0.00840. The van der Waals surface area contributed by atoms with Gasteiger partial charge in [0, 0.05) is 5.57 Å². The Hall–Kier alpha value is -2.75. The molecule has 0 saturated heterocycles. The molecule has 1 nitrogen and oxygen atoms in total. The first-order valence-electron chi connectivity index (χ1n) is 10.7. The van der Waals surface area contributed by atoms with Crippen LogP contribution in [0.15, 0.2) is 109 Å². The van der Waals surface area contributed by atoms with E-state index in [0.717, 1.165) is 12.8 Å². The summed E-state index contributed by atoms with van der Waals surface area (Å²) in [4.78, 5) is 0. The van der Waals surface area contributed by atoms with Crippen molar-refractivity contribution in [3.63, 3.8) is 0 Å². The molecule has 0 aromatic heterocycles. The van der Waals surface area contributed by atoms with Gasteiger partial charge in [-0.15, -0.1) is 0 Å². The molecule has 0 radical (unpaired) electrons. The molecule has 0 bridgehead atoms. The average molecular weight is 447 g/mol. The molecule has 0 rings (SSSR count). The van der Waals surface area contributed by atoms with Gasteiger partial charge < -0.3 is 4.74 Å². The van der Waals surface area contributed by atoms with Crippen molar-refractivity contribution in [3.8, 4) is 0 Å². The second-order valence-electron chi connectivity index (χ2n) is 8.18. The van der Waals surface area contributed by atoms with Crippen molar-refractivity contribution in [1.82, 2.24) is 0 Å². The average Bonchev–Trinajstić information content (AvgIpc) is 2.76. The summed E-state index contributed by atoms with van der Waals surface area (Å²) in [7, 11) is 0. The van der Waals surface area contributed by atoms with Gasteiger partial charge in [-0.2, -0.15) is 4.39 Å². The van der Waals surface area contributed by atoms with Crippen LogP contribution in [0.1, 0.15) is 47.0 Å². The summed E-state index contributed by atoms with van der Waals surface area (Å²) in [5.41, 5.74) is 0.989. The van der Waals surface area contributed by atoms with Gasteiger partial charge in [-0.1, -0.05) is 85.7 Å². The third-order valence-corrected chi connectivity index (χ3v) is 4.85. The molecule has 0 amide bonds. The normalized spacial score (nSPS) is 13.6. The summed E-state index contributed by atoms with van der Waals surface area (Å²) < 4.78 is 48.0. The maximum Gasteiger partial charge on any atom is 0.200 e. The Kier molecular flexibility index (Phi) is 13.1. The van der Waals surface area contributed by atoms with Crippen LogP contribution in [-0.4, -0.2) is 6.61 Å². The van der Waals surface area contributed by atoms with Crippen molar-refractivity contribution in [2.45, 2.75) is 47.0 Å².